The van der Waals surface area contributed by atoms with Crippen molar-refractivity contribution in [2.24, 2.45) is 5.10 Å². The van der Waals surface area contributed by atoms with E-state index >= 15 is 0 Å². The molecule has 0 bridgehead atoms. The van der Waals surface area contributed by atoms with Crippen LogP contribution in [0.5, 0.6) is 0 Å². The first-order chi connectivity index (χ1) is 7.30. The topological polar surface area (TPSA) is 70.6 Å². The van der Waals surface area contributed by atoms with Crippen molar-refractivity contribution in [3.63, 3.8) is 0 Å². The van der Waals surface area contributed by atoms with Crippen molar-refractivity contribution in [2.45, 2.75) is 53.0 Å². The highest BCUT2D eigenvalue weighted by molar-refractivity contribution is 6.35. The molecule has 0 fully saturated rings. The van der Waals surface area contributed by atoms with Gasteiger partial charge in [-0.3, -0.25) is 9.59 Å². The van der Waals surface area contributed by atoms with Gasteiger partial charge in [0.25, 0.3) is 0 Å². The first kappa shape index (κ1) is 14.6. The Bertz CT molecular complexity index is 284. The summed E-state index contributed by atoms with van der Waals surface area (Å²) in [6, 6.07) is 0. The lowest BCUT2D eigenvalue weighted by Gasteiger charge is -2.19. The predicted octanol–water partition coefficient (Wildman–Crippen LogP) is 1.19. The zero-order valence-corrected chi connectivity index (χ0v) is 10.7. The molecular formula is C11H21N3O2. The van der Waals surface area contributed by atoms with Crippen molar-refractivity contribution in [1.82, 2.24) is 10.7 Å². The monoisotopic (exact) mass is 227 g/mol. The van der Waals surface area contributed by atoms with Gasteiger partial charge in [-0.15, -0.1) is 0 Å². The quantitative estimate of drug-likeness (QED) is 0.432. The molecule has 2 N–H and O–H groups in total. The van der Waals surface area contributed by atoms with E-state index in [1.807, 2.05) is 34.6 Å². The predicted molar refractivity (Wildman–Crippen MR) is 64.1 cm³/mol. The molecule has 0 spiro atoms. The van der Waals surface area contributed by atoms with E-state index in [0.717, 1.165) is 18.6 Å². The van der Waals surface area contributed by atoms with Crippen LogP contribution in [-0.4, -0.2) is 23.1 Å². The maximum Gasteiger partial charge on any atom is 0.329 e. The molecule has 0 saturated heterocycles. The fourth-order valence-electron chi connectivity index (χ4n) is 0.986. The maximum atomic E-state index is 11.4. The SMILES string of the molecule is CCC(CC)=NNC(=O)C(=O)NC(C)(C)C. The van der Waals surface area contributed by atoms with Gasteiger partial charge in [-0.2, -0.15) is 5.10 Å². The number of nitrogens with one attached hydrogen (secondary N) is 2. The molecule has 0 saturated carbocycles. The summed E-state index contributed by atoms with van der Waals surface area (Å²) in [7, 11) is 0. The third-order valence-electron chi connectivity index (χ3n) is 1.83. The molecule has 5 nitrogen and oxygen atoms in total. The van der Waals surface area contributed by atoms with Crippen molar-refractivity contribution >= 4 is 17.5 Å². The molecule has 0 aliphatic heterocycles. The maximum absolute atomic E-state index is 11.4. The van der Waals surface area contributed by atoms with Gasteiger partial charge < -0.3 is 5.32 Å². The van der Waals surface area contributed by atoms with Crippen molar-refractivity contribution in [2.75, 3.05) is 0 Å². The molecule has 16 heavy (non-hydrogen) atoms. The Balaban J connectivity index is 4.27. The fraction of sp³-hybridized carbons (Fsp3) is 0.727. The van der Waals surface area contributed by atoms with Crippen LogP contribution in [0.3, 0.4) is 0 Å². The molecule has 2 amide bonds. The van der Waals surface area contributed by atoms with Gasteiger partial charge >= 0.3 is 11.8 Å². The highest BCUT2D eigenvalue weighted by Gasteiger charge is 2.19. The molecule has 0 aliphatic rings. The van der Waals surface area contributed by atoms with Crippen molar-refractivity contribution < 1.29 is 9.59 Å². The first-order valence-corrected chi connectivity index (χ1v) is 5.48. The average Bonchev–Trinajstić information content (AvgIpc) is 2.16. The fourth-order valence-corrected chi connectivity index (χ4v) is 0.986. The first-order valence-electron chi connectivity index (χ1n) is 5.48. The van der Waals surface area contributed by atoms with Gasteiger partial charge in [0.2, 0.25) is 0 Å². The molecule has 0 rings (SSSR count). The van der Waals surface area contributed by atoms with E-state index in [4.69, 9.17) is 0 Å². The molecule has 0 aromatic carbocycles. The second-order valence-corrected chi connectivity index (χ2v) is 4.53. The van der Waals surface area contributed by atoms with E-state index in [2.05, 4.69) is 15.8 Å². The standard InChI is InChI=1S/C11H21N3O2/c1-6-8(7-2)13-14-10(16)9(15)12-11(3,4)5/h6-7H2,1-5H3,(H,12,15)(H,14,16). The number of rotatable bonds is 3. The third-order valence-corrected chi connectivity index (χ3v) is 1.83. The van der Waals surface area contributed by atoms with E-state index in [-0.39, 0.29) is 0 Å². The number of amides is 2. The number of hydrogen-bond acceptors (Lipinski definition) is 3. The van der Waals surface area contributed by atoms with Gasteiger partial charge in [-0.1, -0.05) is 13.8 Å². The Hall–Kier alpha value is -1.39. The second-order valence-electron chi connectivity index (χ2n) is 4.53. The van der Waals surface area contributed by atoms with Crippen LogP contribution >= 0.6 is 0 Å². The summed E-state index contributed by atoms with van der Waals surface area (Å²) in [5.74, 6) is -1.39. The van der Waals surface area contributed by atoms with E-state index < -0.39 is 17.4 Å². The van der Waals surface area contributed by atoms with Gasteiger partial charge in [0, 0.05) is 11.3 Å². The lowest BCUT2D eigenvalue weighted by Crippen LogP contribution is -2.47. The number of carbonyl (C=O) groups is 2. The largest absolute Gasteiger partial charge is 0.343 e. The minimum atomic E-state index is -0.727. The van der Waals surface area contributed by atoms with E-state index in [1.165, 1.54) is 0 Å². The molecule has 5 heteroatoms. The molecule has 0 heterocycles. The van der Waals surface area contributed by atoms with Gasteiger partial charge in [0.1, 0.15) is 0 Å². The van der Waals surface area contributed by atoms with E-state index in [9.17, 15) is 9.59 Å². The summed E-state index contributed by atoms with van der Waals surface area (Å²) in [5, 5.41) is 6.43. The Morgan fingerprint density at radius 3 is 1.94 bits per heavy atom. The summed E-state index contributed by atoms with van der Waals surface area (Å²) in [4.78, 5) is 22.7. The van der Waals surface area contributed by atoms with Crippen LogP contribution < -0.4 is 10.7 Å². The van der Waals surface area contributed by atoms with Crippen LogP contribution in [0.15, 0.2) is 5.10 Å². The Morgan fingerprint density at radius 2 is 1.56 bits per heavy atom. The molecule has 92 valence electrons. The van der Waals surface area contributed by atoms with Crippen molar-refractivity contribution in [3.8, 4) is 0 Å². The second kappa shape index (κ2) is 6.25. The molecule has 0 aliphatic carbocycles. The molecule has 0 aromatic rings. The van der Waals surface area contributed by atoms with Gasteiger partial charge in [-0.05, 0) is 33.6 Å². The van der Waals surface area contributed by atoms with Crippen molar-refractivity contribution in [3.05, 3.63) is 0 Å². The van der Waals surface area contributed by atoms with E-state index in [0.29, 0.717) is 0 Å². The molecular weight excluding hydrogens is 206 g/mol. The summed E-state index contributed by atoms with van der Waals surface area (Å²) < 4.78 is 0. The molecule has 0 unspecified atom stereocenters. The van der Waals surface area contributed by atoms with Crippen LogP contribution in [0.4, 0.5) is 0 Å². The Morgan fingerprint density at radius 1 is 1.06 bits per heavy atom. The van der Waals surface area contributed by atoms with Gasteiger partial charge in [0.15, 0.2) is 0 Å². The number of hydrogen-bond donors (Lipinski definition) is 2. The smallest absolute Gasteiger partial charge is 0.329 e. The number of nitrogens with zero attached hydrogens (tertiary/aromatic N) is 1. The highest BCUT2D eigenvalue weighted by atomic mass is 16.2. The summed E-state index contributed by atoms with van der Waals surface area (Å²) >= 11 is 0. The number of carbonyl (C=O) groups excluding carboxylic acids is 2. The van der Waals surface area contributed by atoms with Crippen LogP contribution in [0, 0.1) is 0 Å². The van der Waals surface area contributed by atoms with Crippen LogP contribution in [0.25, 0.3) is 0 Å². The third kappa shape index (κ3) is 6.16. The molecule has 0 atom stereocenters. The van der Waals surface area contributed by atoms with Crippen LogP contribution in [0.1, 0.15) is 47.5 Å². The van der Waals surface area contributed by atoms with Crippen LogP contribution in [0.2, 0.25) is 0 Å². The summed E-state index contributed by atoms with van der Waals surface area (Å²) in [6.07, 6.45) is 1.52. The molecule has 0 aromatic heterocycles. The minimum Gasteiger partial charge on any atom is -0.343 e. The normalized spacial score (nSPS) is 10.6. The highest BCUT2D eigenvalue weighted by Crippen LogP contribution is 1.97. The van der Waals surface area contributed by atoms with Crippen molar-refractivity contribution in [1.29, 1.82) is 0 Å². The van der Waals surface area contributed by atoms with Gasteiger partial charge in [-0.25, -0.2) is 5.43 Å². The summed E-state index contributed by atoms with van der Waals surface area (Å²) in [6.45, 7) is 9.33. The zero-order valence-electron chi connectivity index (χ0n) is 10.7. The zero-order chi connectivity index (χ0) is 12.8. The average molecular weight is 227 g/mol. The van der Waals surface area contributed by atoms with Gasteiger partial charge in [0.05, 0.1) is 0 Å². The lowest BCUT2D eigenvalue weighted by molar-refractivity contribution is -0.140. The van der Waals surface area contributed by atoms with Crippen LogP contribution in [-0.2, 0) is 9.59 Å². The summed E-state index contributed by atoms with van der Waals surface area (Å²) in [5.41, 5.74) is 2.68. The number of hydrazone groups is 1. The Kier molecular flexibility index (Phi) is 5.71. The Labute approximate surface area is 96.7 Å². The minimum absolute atomic E-state index is 0.420. The molecule has 0 radical (unpaired) electrons. The lowest BCUT2D eigenvalue weighted by atomic mass is 10.1. The van der Waals surface area contributed by atoms with E-state index in [1.54, 1.807) is 0 Å².